The van der Waals surface area contributed by atoms with E-state index in [-0.39, 0.29) is 17.9 Å². The Balaban J connectivity index is 1.56. The summed E-state index contributed by atoms with van der Waals surface area (Å²) in [5.41, 5.74) is 1.46. The lowest BCUT2D eigenvalue weighted by atomic mass is 10.0. The van der Waals surface area contributed by atoms with Gasteiger partial charge in [-0.15, -0.1) is 0 Å². The van der Waals surface area contributed by atoms with Gasteiger partial charge in [0.2, 0.25) is 0 Å². The zero-order valence-corrected chi connectivity index (χ0v) is 17.2. The van der Waals surface area contributed by atoms with Crippen LogP contribution in [0.3, 0.4) is 0 Å². The molecule has 1 atom stereocenters. The van der Waals surface area contributed by atoms with Crippen LogP contribution in [-0.2, 0) is 13.0 Å². The molecule has 2 amide bonds. The maximum absolute atomic E-state index is 13.2. The third kappa shape index (κ3) is 4.11. The first kappa shape index (κ1) is 19.5. The van der Waals surface area contributed by atoms with E-state index < -0.39 is 0 Å². The zero-order chi connectivity index (χ0) is 19.5. The molecule has 1 aromatic rings. The quantitative estimate of drug-likeness (QED) is 0.808. The largest absolute Gasteiger partial charge is 0.348 e. The van der Waals surface area contributed by atoms with Crippen molar-refractivity contribution in [1.29, 1.82) is 0 Å². The van der Waals surface area contributed by atoms with Gasteiger partial charge in [-0.2, -0.15) is 0 Å². The van der Waals surface area contributed by atoms with Crippen molar-refractivity contribution >= 4 is 11.8 Å². The normalized spacial score (nSPS) is 23.8. The fourth-order valence-electron chi connectivity index (χ4n) is 5.08. The van der Waals surface area contributed by atoms with Crippen LogP contribution < -0.4 is 5.32 Å². The van der Waals surface area contributed by atoms with Gasteiger partial charge in [-0.05, 0) is 50.9 Å². The van der Waals surface area contributed by atoms with Gasteiger partial charge >= 0.3 is 0 Å². The summed E-state index contributed by atoms with van der Waals surface area (Å²) in [6.07, 6.45) is 12.2. The van der Waals surface area contributed by atoms with E-state index in [1.54, 1.807) is 0 Å². The predicted octanol–water partition coefficient (Wildman–Crippen LogP) is 3.54. The number of aromatic nitrogens is 2. The summed E-state index contributed by atoms with van der Waals surface area (Å²) < 4.78 is 2.03. The van der Waals surface area contributed by atoms with E-state index in [1.165, 1.54) is 32.1 Å². The minimum Gasteiger partial charge on any atom is -0.348 e. The highest BCUT2D eigenvalue weighted by Crippen LogP contribution is 2.25. The molecule has 1 saturated carbocycles. The fourth-order valence-corrected chi connectivity index (χ4v) is 5.08. The molecular weight excluding hydrogens is 352 g/mol. The van der Waals surface area contributed by atoms with Crippen LogP contribution in [0.5, 0.6) is 0 Å². The monoisotopic (exact) mass is 386 g/mol. The number of rotatable bonds is 3. The number of carbonyl (C=O) groups is 2. The molecule has 0 radical (unpaired) electrons. The highest BCUT2D eigenvalue weighted by molar-refractivity contribution is 5.97. The molecule has 6 nitrogen and oxygen atoms in total. The maximum Gasteiger partial charge on any atom is 0.289 e. The van der Waals surface area contributed by atoms with Gasteiger partial charge < -0.3 is 14.8 Å². The third-order valence-electron chi connectivity index (χ3n) is 6.66. The van der Waals surface area contributed by atoms with E-state index in [2.05, 4.69) is 17.2 Å². The molecule has 0 aromatic carbocycles. The van der Waals surface area contributed by atoms with Gasteiger partial charge in [0.05, 0.1) is 5.69 Å². The number of nitrogens with one attached hydrogen (secondary N) is 1. The Morgan fingerprint density at radius 2 is 1.75 bits per heavy atom. The number of hydrogen-bond acceptors (Lipinski definition) is 3. The Morgan fingerprint density at radius 3 is 2.50 bits per heavy atom. The van der Waals surface area contributed by atoms with Crippen molar-refractivity contribution in [3.63, 3.8) is 0 Å². The summed E-state index contributed by atoms with van der Waals surface area (Å²) in [6.45, 7) is 4.59. The number of amides is 2. The number of fused-ring (bicyclic) bond motifs is 1. The topological polar surface area (TPSA) is 67.2 Å². The van der Waals surface area contributed by atoms with Crippen LogP contribution in [-0.4, -0.2) is 45.4 Å². The molecule has 1 N–H and O–H groups in total. The lowest BCUT2D eigenvalue weighted by Crippen LogP contribution is -2.40. The highest BCUT2D eigenvalue weighted by Gasteiger charge is 2.31. The number of piperidine rings is 1. The summed E-state index contributed by atoms with van der Waals surface area (Å²) in [5, 5.41) is 3.22. The number of imidazole rings is 1. The van der Waals surface area contributed by atoms with Crippen LogP contribution in [0.1, 0.15) is 97.9 Å². The molecule has 154 valence electrons. The molecule has 1 aliphatic carbocycles. The predicted molar refractivity (Wildman–Crippen MR) is 108 cm³/mol. The number of carbonyl (C=O) groups excluding carboxylic acids is 2. The van der Waals surface area contributed by atoms with Crippen LogP contribution in [0.2, 0.25) is 0 Å². The van der Waals surface area contributed by atoms with Crippen molar-refractivity contribution in [3.8, 4) is 0 Å². The van der Waals surface area contributed by atoms with E-state index in [9.17, 15) is 9.59 Å². The van der Waals surface area contributed by atoms with Crippen LogP contribution in [0, 0.1) is 5.92 Å². The second kappa shape index (κ2) is 8.66. The standard InChI is InChI=1S/C22H34N4O2/c1-16-9-8-13-25(15-16)22(28)20-24-19(18-12-6-7-14-26(18)20)21(27)23-17-10-4-2-3-5-11-17/h16-17H,2-15H2,1H3,(H,23,27). The summed E-state index contributed by atoms with van der Waals surface area (Å²) >= 11 is 0. The fraction of sp³-hybridized carbons (Fsp3) is 0.773. The summed E-state index contributed by atoms with van der Waals surface area (Å²) in [4.78, 5) is 32.8. The lowest BCUT2D eigenvalue weighted by molar-refractivity contribution is 0.0664. The Hall–Kier alpha value is -1.85. The molecular formula is C22H34N4O2. The molecule has 1 saturated heterocycles. The molecule has 0 bridgehead atoms. The number of likely N-dealkylation sites (tertiary alicyclic amines) is 1. The van der Waals surface area contributed by atoms with Gasteiger partial charge in [0.15, 0.2) is 5.82 Å². The molecule has 2 aliphatic heterocycles. The Kier molecular flexibility index (Phi) is 6.02. The summed E-state index contributed by atoms with van der Waals surface area (Å²) in [5.74, 6) is 0.938. The Bertz CT molecular complexity index is 718. The average molecular weight is 387 g/mol. The SMILES string of the molecule is CC1CCCN(C(=O)c2nc(C(=O)NC3CCCCCC3)c3n2CCCC3)C1. The lowest BCUT2D eigenvalue weighted by Gasteiger charge is -2.31. The minimum absolute atomic E-state index is 0.00298. The van der Waals surface area contributed by atoms with Crippen molar-refractivity contribution in [3.05, 3.63) is 17.2 Å². The van der Waals surface area contributed by atoms with Crippen LogP contribution >= 0.6 is 0 Å². The first-order chi connectivity index (χ1) is 13.6. The summed E-state index contributed by atoms with van der Waals surface area (Å²) in [7, 11) is 0. The van der Waals surface area contributed by atoms with Gasteiger partial charge in [-0.1, -0.05) is 32.6 Å². The van der Waals surface area contributed by atoms with Crippen molar-refractivity contribution in [2.24, 2.45) is 5.92 Å². The number of hydrogen-bond donors (Lipinski definition) is 1. The Labute approximate surface area is 168 Å². The Morgan fingerprint density at radius 1 is 0.964 bits per heavy atom. The second-order valence-electron chi connectivity index (χ2n) is 9.00. The van der Waals surface area contributed by atoms with E-state index in [0.29, 0.717) is 17.4 Å². The number of nitrogens with zero attached hydrogens (tertiary/aromatic N) is 3. The highest BCUT2D eigenvalue weighted by atomic mass is 16.2. The van der Waals surface area contributed by atoms with E-state index in [0.717, 1.165) is 63.9 Å². The molecule has 6 heteroatoms. The second-order valence-corrected chi connectivity index (χ2v) is 9.00. The molecule has 3 aliphatic rings. The molecule has 0 spiro atoms. The molecule has 1 unspecified atom stereocenters. The summed E-state index contributed by atoms with van der Waals surface area (Å²) in [6, 6.07) is 0.248. The molecule has 2 fully saturated rings. The van der Waals surface area contributed by atoms with Gasteiger partial charge in [-0.3, -0.25) is 9.59 Å². The van der Waals surface area contributed by atoms with Gasteiger partial charge in [0.1, 0.15) is 5.69 Å². The first-order valence-corrected chi connectivity index (χ1v) is 11.3. The average Bonchev–Trinajstić information content (AvgIpc) is 2.90. The van der Waals surface area contributed by atoms with Gasteiger partial charge in [0.25, 0.3) is 11.8 Å². The molecule has 28 heavy (non-hydrogen) atoms. The minimum atomic E-state index is -0.0800. The molecule has 1 aromatic heterocycles. The van der Waals surface area contributed by atoms with Gasteiger partial charge in [0, 0.05) is 25.7 Å². The maximum atomic E-state index is 13.2. The van der Waals surface area contributed by atoms with E-state index in [4.69, 9.17) is 0 Å². The van der Waals surface area contributed by atoms with Crippen molar-refractivity contribution in [1.82, 2.24) is 19.8 Å². The first-order valence-electron chi connectivity index (χ1n) is 11.3. The van der Waals surface area contributed by atoms with E-state index >= 15 is 0 Å². The van der Waals surface area contributed by atoms with Crippen LogP contribution in [0.15, 0.2) is 0 Å². The molecule has 4 rings (SSSR count). The van der Waals surface area contributed by atoms with Crippen molar-refractivity contribution in [2.75, 3.05) is 13.1 Å². The van der Waals surface area contributed by atoms with Crippen LogP contribution in [0.4, 0.5) is 0 Å². The zero-order valence-electron chi connectivity index (χ0n) is 17.2. The van der Waals surface area contributed by atoms with Crippen LogP contribution in [0.25, 0.3) is 0 Å². The van der Waals surface area contributed by atoms with E-state index in [1.807, 2.05) is 9.47 Å². The van der Waals surface area contributed by atoms with Crippen molar-refractivity contribution in [2.45, 2.75) is 90.1 Å². The smallest absolute Gasteiger partial charge is 0.289 e. The van der Waals surface area contributed by atoms with Gasteiger partial charge in [-0.25, -0.2) is 4.98 Å². The third-order valence-corrected chi connectivity index (χ3v) is 6.66. The molecule has 3 heterocycles. The van der Waals surface area contributed by atoms with Crippen molar-refractivity contribution < 1.29 is 9.59 Å².